The zero-order valence-corrected chi connectivity index (χ0v) is 12.9. The number of rotatable bonds is 4. The van der Waals surface area contributed by atoms with Crippen LogP contribution in [0.2, 0.25) is 0 Å². The smallest absolute Gasteiger partial charge is 0.335 e. The van der Waals surface area contributed by atoms with Gasteiger partial charge in [0.15, 0.2) is 0 Å². The SMILES string of the molecule is CC(CN1C(=O)c2ccc(C(=O)O)cc2S1(=O)=O)S(C)=O. The largest absolute Gasteiger partial charge is 0.478 e. The van der Waals surface area contributed by atoms with E-state index in [4.69, 9.17) is 5.11 Å². The van der Waals surface area contributed by atoms with Crippen LogP contribution in [0.3, 0.4) is 0 Å². The van der Waals surface area contributed by atoms with E-state index in [0.29, 0.717) is 4.31 Å². The van der Waals surface area contributed by atoms with Crippen LogP contribution >= 0.6 is 0 Å². The van der Waals surface area contributed by atoms with E-state index < -0.39 is 37.9 Å². The van der Waals surface area contributed by atoms with E-state index >= 15 is 0 Å². The Kier molecular flexibility index (Phi) is 3.89. The summed E-state index contributed by atoms with van der Waals surface area (Å²) in [7, 11) is -5.38. The number of carboxylic acid groups (broad SMARTS) is 1. The molecule has 0 radical (unpaired) electrons. The number of carbonyl (C=O) groups excluding carboxylic acids is 1. The van der Waals surface area contributed by atoms with Crippen LogP contribution in [0, 0.1) is 0 Å². The van der Waals surface area contributed by atoms with Gasteiger partial charge in [0, 0.05) is 17.1 Å². The van der Waals surface area contributed by atoms with Crippen LogP contribution < -0.4 is 0 Å². The third-order valence-corrected chi connectivity index (χ3v) is 6.31. The number of carbonyl (C=O) groups is 2. The molecule has 0 aromatic heterocycles. The Balaban J connectivity index is 2.50. The van der Waals surface area contributed by atoms with Gasteiger partial charge in [0.1, 0.15) is 4.90 Å². The molecule has 0 bridgehead atoms. The summed E-state index contributed by atoms with van der Waals surface area (Å²) in [4.78, 5) is 22.7. The molecular weight excluding hydrogens is 318 g/mol. The van der Waals surface area contributed by atoms with E-state index in [2.05, 4.69) is 0 Å². The number of amides is 1. The molecule has 1 heterocycles. The average molecular weight is 331 g/mol. The fourth-order valence-electron chi connectivity index (χ4n) is 1.93. The third-order valence-electron chi connectivity index (χ3n) is 3.24. The molecule has 1 aliphatic rings. The molecule has 114 valence electrons. The zero-order valence-electron chi connectivity index (χ0n) is 11.3. The van der Waals surface area contributed by atoms with Crippen molar-refractivity contribution in [1.29, 1.82) is 0 Å². The Hall–Kier alpha value is -1.74. The number of hydrogen-bond acceptors (Lipinski definition) is 5. The van der Waals surface area contributed by atoms with E-state index in [1.54, 1.807) is 6.92 Å². The van der Waals surface area contributed by atoms with Crippen molar-refractivity contribution in [3.63, 3.8) is 0 Å². The lowest BCUT2D eigenvalue weighted by Gasteiger charge is -2.18. The molecule has 1 aromatic rings. The van der Waals surface area contributed by atoms with Crippen molar-refractivity contribution in [3.05, 3.63) is 29.3 Å². The number of hydrogen-bond donors (Lipinski definition) is 1. The van der Waals surface area contributed by atoms with Gasteiger partial charge in [-0.3, -0.25) is 9.00 Å². The molecule has 1 aliphatic heterocycles. The first-order chi connectivity index (χ1) is 9.66. The second-order valence-corrected chi connectivity index (χ2v) is 8.30. The van der Waals surface area contributed by atoms with Crippen molar-refractivity contribution in [3.8, 4) is 0 Å². The number of carboxylic acids is 1. The molecule has 7 nitrogen and oxygen atoms in total. The normalized spacial score (nSPS) is 19.1. The molecule has 0 spiro atoms. The monoisotopic (exact) mass is 331 g/mol. The predicted octanol–water partition coefficient (Wildman–Crippen LogP) is 0.296. The number of nitrogens with zero attached hydrogens (tertiary/aromatic N) is 1. The standard InChI is InChI=1S/C12H13NO6S2/c1-7(20(2)17)6-13-11(14)9-4-3-8(12(15)16)5-10(9)21(13,18)19/h3-5,7H,6H2,1-2H3,(H,15,16). The molecule has 1 amide bonds. The Morgan fingerprint density at radius 1 is 1.43 bits per heavy atom. The minimum Gasteiger partial charge on any atom is -0.478 e. The third kappa shape index (κ3) is 2.58. The second-order valence-electron chi connectivity index (χ2n) is 4.67. The highest BCUT2D eigenvalue weighted by Crippen LogP contribution is 2.31. The van der Waals surface area contributed by atoms with Gasteiger partial charge in [0.25, 0.3) is 15.9 Å². The van der Waals surface area contributed by atoms with Crippen LogP contribution in [-0.4, -0.2) is 52.0 Å². The molecule has 2 unspecified atom stereocenters. The van der Waals surface area contributed by atoms with Crippen LogP contribution in [0.25, 0.3) is 0 Å². The van der Waals surface area contributed by atoms with E-state index in [-0.39, 0.29) is 22.6 Å². The first-order valence-corrected chi connectivity index (χ1v) is 8.99. The zero-order chi connectivity index (χ0) is 15.9. The van der Waals surface area contributed by atoms with Crippen molar-refractivity contribution in [1.82, 2.24) is 4.31 Å². The summed E-state index contributed by atoms with van der Waals surface area (Å²) in [5, 5.41) is 8.39. The van der Waals surface area contributed by atoms with Crippen molar-refractivity contribution in [2.24, 2.45) is 0 Å². The lowest BCUT2D eigenvalue weighted by Crippen LogP contribution is -2.37. The van der Waals surface area contributed by atoms with Gasteiger partial charge in [-0.05, 0) is 25.1 Å². The Labute approximate surface area is 124 Å². The summed E-state index contributed by atoms with van der Waals surface area (Å²) in [5.74, 6) is -2.00. The Bertz CT molecular complexity index is 755. The highest BCUT2D eigenvalue weighted by atomic mass is 32.2. The first-order valence-electron chi connectivity index (χ1n) is 5.93. The highest BCUT2D eigenvalue weighted by Gasteiger charge is 2.42. The summed E-state index contributed by atoms with van der Waals surface area (Å²) in [5.41, 5.74) is -0.270. The van der Waals surface area contributed by atoms with Gasteiger partial charge in [-0.2, -0.15) is 0 Å². The molecule has 2 rings (SSSR count). The van der Waals surface area contributed by atoms with Crippen LogP contribution in [0.4, 0.5) is 0 Å². The molecule has 1 N–H and O–H groups in total. The summed E-state index contributed by atoms with van der Waals surface area (Å²) >= 11 is 0. The van der Waals surface area contributed by atoms with Gasteiger partial charge in [-0.15, -0.1) is 0 Å². The molecule has 0 fully saturated rings. The van der Waals surface area contributed by atoms with E-state index in [1.807, 2.05) is 0 Å². The summed E-state index contributed by atoms with van der Waals surface area (Å²) in [6, 6.07) is 3.34. The van der Waals surface area contributed by atoms with Crippen molar-refractivity contribution in [2.45, 2.75) is 17.1 Å². The molecule has 0 saturated heterocycles. The van der Waals surface area contributed by atoms with Gasteiger partial charge >= 0.3 is 5.97 Å². The van der Waals surface area contributed by atoms with E-state index in [1.165, 1.54) is 18.4 Å². The fourth-order valence-corrected chi connectivity index (χ4v) is 4.06. The topological polar surface area (TPSA) is 109 Å². The maximum Gasteiger partial charge on any atom is 0.335 e. The summed E-state index contributed by atoms with van der Waals surface area (Å²) in [6.45, 7) is 1.37. The second kappa shape index (κ2) is 5.23. The van der Waals surface area contributed by atoms with Crippen molar-refractivity contribution >= 4 is 32.7 Å². The van der Waals surface area contributed by atoms with Crippen LogP contribution in [0.5, 0.6) is 0 Å². The number of sulfonamides is 1. The van der Waals surface area contributed by atoms with Gasteiger partial charge < -0.3 is 5.11 Å². The van der Waals surface area contributed by atoms with Gasteiger partial charge in [-0.1, -0.05) is 0 Å². The lowest BCUT2D eigenvalue weighted by atomic mass is 10.1. The van der Waals surface area contributed by atoms with Crippen LogP contribution in [0.15, 0.2) is 23.1 Å². The fraction of sp³-hybridized carbons (Fsp3) is 0.333. The molecule has 9 heteroatoms. The number of fused-ring (bicyclic) bond motifs is 1. The summed E-state index contributed by atoms with van der Waals surface area (Å²) in [6.07, 6.45) is 1.42. The quantitative estimate of drug-likeness (QED) is 0.850. The maximum atomic E-state index is 12.3. The maximum absolute atomic E-state index is 12.3. The average Bonchev–Trinajstić information content (AvgIpc) is 2.59. The molecule has 2 atom stereocenters. The van der Waals surface area contributed by atoms with Crippen LogP contribution in [-0.2, 0) is 20.8 Å². The lowest BCUT2D eigenvalue weighted by molar-refractivity contribution is 0.0695. The number of aromatic carboxylic acids is 1. The van der Waals surface area contributed by atoms with Crippen molar-refractivity contribution in [2.75, 3.05) is 12.8 Å². The van der Waals surface area contributed by atoms with E-state index in [0.717, 1.165) is 6.07 Å². The van der Waals surface area contributed by atoms with Crippen molar-refractivity contribution < 1.29 is 27.3 Å². The minimum atomic E-state index is -4.09. The van der Waals surface area contributed by atoms with Gasteiger partial charge in [0.2, 0.25) is 0 Å². The first kappa shape index (κ1) is 15.6. The highest BCUT2D eigenvalue weighted by molar-refractivity contribution is 7.90. The molecule has 21 heavy (non-hydrogen) atoms. The molecule has 1 aromatic carbocycles. The molecule has 0 aliphatic carbocycles. The predicted molar refractivity (Wildman–Crippen MR) is 75.2 cm³/mol. The van der Waals surface area contributed by atoms with Crippen LogP contribution in [0.1, 0.15) is 27.6 Å². The molecule has 0 saturated carbocycles. The number of benzene rings is 1. The Morgan fingerprint density at radius 3 is 2.57 bits per heavy atom. The van der Waals surface area contributed by atoms with E-state index in [9.17, 15) is 22.2 Å². The minimum absolute atomic E-state index is 0.0610. The molecular formula is C12H13NO6S2. The van der Waals surface area contributed by atoms with Gasteiger partial charge in [-0.25, -0.2) is 17.5 Å². The Morgan fingerprint density at radius 2 is 2.05 bits per heavy atom. The summed E-state index contributed by atoms with van der Waals surface area (Å²) < 4.78 is 36.7. The van der Waals surface area contributed by atoms with Gasteiger partial charge in [0.05, 0.1) is 22.9 Å².